The van der Waals surface area contributed by atoms with Crippen LogP contribution in [0.2, 0.25) is 0 Å². The van der Waals surface area contributed by atoms with Crippen LogP contribution in [0.15, 0.2) is 107 Å². The molecule has 0 atom stereocenters. The number of rotatable bonds is 9. The summed E-state index contributed by atoms with van der Waals surface area (Å²) in [5, 5.41) is 0. The number of hydrogen-bond acceptors (Lipinski definition) is 4. The number of hydrogen-bond donors (Lipinski definition) is 0. The van der Waals surface area contributed by atoms with E-state index in [0.29, 0.717) is 0 Å². The second kappa shape index (κ2) is 12.2. The molecule has 4 heteroatoms. The Morgan fingerprint density at radius 1 is 0.471 bits per heavy atom. The fourth-order valence-corrected chi connectivity index (χ4v) is 5.64. The van der Waals surface area contributed by atoms with Gasteiger partial charge in [-0.1, -0.05) is 107 Å². The lowest BCUT2D eigenvalue weighted by molar-refractivity contribution is 0.414. The van der Waals surface area contributed by atoms with E-state index in [1.807, 2.05) is 24.3 Å². The summed E-state index contributed by atoms with van der Waals surface area (Å²) in [7, 11) is 6.92. The van der Waals surface area contributed by atoms with Gasteiger partial charge in [0.2, 0.25) is 0 Å². The maximum Gasteiger partial charge on any atom is 0.118 e. The van der Waals surface area contributed by atoms with Gasteiger partial charge in [-0.05, 0) is 58.7 Å². The third kappa shape index (κ3) is 6.60. The van der Waals surface area contributed by atoms with E-state index in [9.17, 15) is 0 Å². The van der Waals surface area contributed by atoms with Crippen LogP contribution in [0.5, 0.6) is 11.5 Å². The van der Waals surface area contributed by atoms with E-state index in [-0.39, 0.29) is 0 Å². The van der Waals surface area contributed by atoms with Crippen molar-refractivity contribution in [3.8, 4) is 11.5 Å². The molecule has 0 radical (unpaired) electrons. The Morgan fingerprint density at radius 2 is 0.853 bits per heavy atom. The molecule has 0 saturated carbocycles. The molecule has 4 aromatic carbocycles. The minimum absolute atomic E-state index is 0.865. The third-order valence-electron chi connectivity index (χ3n) is 5.20. The maximum atomic E-state index is 5.25. The van der Waals surface area contributed by atoms with E-state index >= 15 is 0 Å². The zero-order chi connectivity index (χ0) is 23.6. The van der Waals surface area contributed by atoms with E-state index in [1.165, 1.54) is 20.9 Å². The van der Waals surface area contributed by atoms with Crippen LogP contribution in [0.1, 0.15) is 22.3 Å². The largest absolute Gasteiger partial charge is 0.497 e. The molecule has 0 bridgehead atoms. The van der Waals surface area contributed by atoms with Crippen LogP contribution in [0.4, 0.5) is 0 Å². The predicted molar refractivity (Wildman–Crippen MR) is 148 cm³/mol. The molecule has 0 aliphatic heterocycles. The zero-order valence-electron chi connectivity index (χ0n) is 19.2. The molecule has 0 unspecified atom stereocenters. The number of ether oxygens (including phenoxy) is 2. The Bertz CT molecular complexity index is 1160. The highest BCUT2D eigenvalue weighted by atomic mass is 33.1. The molecule has 4 rings (SSSR count). The van der Waals surface area contributed by atoms with Crippen LogP contribution in [0.3, 0.4) is 0 Å². The predicted octanol–water partition coefficient (Wildman–Crippen LogP) is 8.84. The van der Waals surface area contributed by atoms with Gasteiger partial charge >= 0.3 is 0 Å². The smallest absolute Gasteiger partial charge is 0.118 e. The molecule has 0 fully saturated rings. The minimum atomic E-state index is 0.865. The summed E-state index contributed by atoms with van der Waals surface area (Å²) in [6.45, 7) is 0. The van der Waals surface area contributed by atoms with Crippen molar-refractivity contribution in [3.63, 3.8) is 0 Å². The van der Waals surface area contributed by atoms with Gasteiger partial charge in [0.15, 0.2) is 0 Å². The molecular weight excluding hydrogens is 456 g/mol. The van der Waals surface area contributed by atoms with Crippen LogP contribution in [0.25, 0.3) is 24.3 Å². The molecular formula is C30H26O2S2. The normalized spacial score (nSPS) is 11.2. The van der Waals surface area contributed by atoms with Crippen LogP contribution >= 0.6 is 21.6 Å². The van der Waals surface area contributed by atoms with Gasteiger partial charge in [0.05, 0.1) is 14.2 Å². The summed E-state index contributed by atoms with van der Waals surface area (Å²) in [6.07, 6.45) is 8.60. The van der Waals surface area contributed by atoms with E-state index in [1.54, 1.807) is 35.8 Å². The highest BCUT2D eigenvalue weighted by Gasteiger charge is 2.05. The molecule has 0 aromatic heterocycles. The molecule has 0 N–H and O–H groups in total. The molecule has 0 aliphatic rings. The first-order valence-electron chi connectivity index (χ1n) is 10.9. The van der Waals surface area contributed by atoms with Crippen molar-refractivity contribution in [2.45, 2.75) is 9.79 Å². The first-order valence-corrected chi connectivity index (χ1v) is 13.1. The molecule has 170 valence electrons. The van der Waals surface area contributed by atoms with Gasteiger partial charge in [-0.25, -0.2) is 0 Å². The second-order valence-corrected chi connectivity index (χ2v) is 9.67. The summed E-state index contributed by atoms with van der Waals surface area (Å²) in [4.78, 5) is 2.46. The van der Waals surface area contributed by atoms with Crippen LogP contribution in [-0.4, -0.2) is 14.2 Å². The summed E-state index contributed by atoms with van der Waals surface area (Å²) in [5.41, 5.74) is 4.67. The SMILES string of the molecule is COc1ccc(/C=C/c2ccccc2SSc2ccccc2/C=C/c2ccc(OC)cc2)cc1. The molecule has 0 saturated heterocycles. The Morgan fingerprint density at radius 3 is 1.24 bits per heavy atom. The maximum absolute atomic E-state index is 5.25. The van der Waals surface area contributed by atoms with Gasteiger partial charge in [-0.3, -0.25) is 0 Å². The minimum Gasteiger partial charge on any atom is -0.497 e. The standard InChI is InChI=1S/C30H26O2S2/c1-31-27-19-13-23(14-20-27)11-17-25-7-3-5-9-29(25)33-34-30-10-6-4-8-26(30)18-12-24-15-21-28(32-2)22-16-24/h3-22H,1-2H3/b17-11+,18-12+. The van der Waals surface area contributed by atoms with Crippen LogP contribution < -0.4 is 9.47 Å². The van der Waals surface area contributed by atoms with Gasteiger partial charge in [-0.15, -0.1) is 0 Å². The van der Waals surface area contributed by atoms with Gasteiger partial charge < -0.3 is 9.47 Å². The van der Waals surface area contributed by atoms with E-state index < -0.39 is 0 Å². The fraction of sp³-hybridized carbons (Fsp3) is 0.0667. The topological polar surface area (TPSA) is 18.5 Å². The van der Waals surface area contributed by atoms with Gasteiger partial charge in [0.1, 0.15) is 11.5 Å². The van der Waals surface area contributed by atoms with Gasteiger partial charge in [0.25, 0.3) is 0 Å². The molecule has 0 heterocycles. The third-order valence-corrected chi connectivity index (χ3v) is 7.71. The van der Waals surface area contributed by atoms with Crippen molar-refractivity contribution >= 4 is 45.9 Å². The first kappa shape index (κ1) is 23.8. The molecule has 2 nitrogen and oxygen atoms in total. The van der Waals surface area contributed by atoms with Crippen molar-refractivity contribution in [2.24, 2.45) is 0 Å². The first-order chi connectivity index (χ1) is 16.7. The Labute approximate surface area is 209 Å². The molecule has 34 heavy (non-hydrogen) atoms. The van der Waals surface area contributed by atoms with Crippen molar-refractivity contribution in [3.05, 3.63) is 119 Å². The summed E-state index contributed by atoms with van der Waals surface area (Å²) in [6, 6.07) is 33.1. The van der Waals surface area contributed by atoms with E-state index in [2.05, 4.69) is 97.1 Å². The van der Waals surface area contributed by atoms with Crippen molar-refractivity contribution < 1.29 is 9.47 Å². The van der Waals surface area contributed by atoms with Crippen molar-refractivity contribution in [1.29, 1.82) is 0 Å². The molecule has 0 spiro atoms. The van der Waals surface area contributed by atoms with E-state index in [0.717, 1.165) is 22.6 Å². The number of methoxy groups -OCH3 is 2. The average Bonchev–Trinajstić information content (AvgIpc) is 2.91. The Kier molecular flexibility index (Phi) is 8.55. The Balaban J connectivity index is 1.46. The zero-order valence-corrected chi connectivity index (χ0v) is 20.8. The lowest BCUT2D eigenvalue weighted by Crippen LogP contribution is -1.82. The Hall–Kier alpha value is -3.34. The lowest BCUT2D eigenvalue weighted by atomic mass is 10.1. The van der Waals surface area contributed by atoms with Gasteiger partial charge in [0, 0.05) is 9.79 Å². The van der Waals surface area contributed by atoms with Crippen molar-refractivity contribution in [1.82, 2.24) is 0 Å². The lowest BCUT2D eigenvalue weighted by Gasteiger charge is -2.08. The number of benzene rings is 4. The van der Waals surface area contributed by atoms with Gasteiger partial charge in [-0.2, -0.15) is 0 Å². The average molecular weight is 483 g/mol. The monoisotopic (exact) mass is 482 g/mol. The quantitative estimate of drug-likeness (QED) is 0.175. The fourth-order valence-electron chi connectivity index (χ4n) is 3.28. The van der Waals surface area contributed by atoms with Crippen LogP contribution in [-0.2, 0) is 0 Å². The highest BCUT2D eigenvalue weighted by molar-refractivity contribution is 8.76. The molecule has 0 aliphatic carbocycles. The van der Waals surface area contributed by atoms with Crippen LogP contribution in [0, 0.1) is 0 Å². The second-order valence-electron chi connectivity index (χ2n) is 7.46. The molecule has 0 amide bonds. The van der Waals surface area contributed by atoms with E-state index in [4.69, 9.17) is 9.47 Å². The molecule has 4 aromatic rings. The summed E-state index contributed by atoms with van der Waals surface area (Å²) in [5.74, 6) is 1.73. The summed E-state index contributed by atoms with van der Waals surface area (Å²) < 4.78 is 10.5. The summed E-state index contributed by atoms with van der Waals surface area (Å²) >= 11 is 0. The van der Waals surface area contributed by atoms with Crippen molar-refractivity contribution in [2.75, 3.05) is 14.2 Å². The highest BCUT2D eigenvalue weighted by Crippen LogP contribution is 2.41.